The van der Waals surface area contributed by atoms with Crippen molar-refractivity contribution in [2.24, 2.45) is 0 Å². The number of carbonyl (C=O) groups excluding carboxylic acids is 2. The number of nitrogens with one attached hydrogen (secondary N) is 1. The van der Waals surface area contributed by atoms with Crippen LogP contribution in [0.4, 0.5) is 0 Å². The van der Waals surface area contributed by atoms with E-state index in [1.165, 1.54) is 7.11 Å². The second-order valence-electron chi connectivity index (χ2n) is 3.60. The first-order valence-electron chi connectivity index (χ1n) is 5.02. The van der Waals surface area contributed by atoms with Crippen LogP contribution in [-0.4, -0.2) is 50.1 Å². The zero-order chi connectivity index (χ0) is 11.8. The standard InChI is InChI=1S/C10H20N2O3/c1-8(2)12(3)9(13)7-11-6-5-10(14)15-4/h8,11H,5-7H2,1-4H3. The van der Waals surface area contributed by atoms with Gasteiger partial charge in [0.15, 0.2) is 0 Å². The van der Waals surface area contributed by atoms with Gasteiger partial charge in [-0.15, -0.1) is 0 Å². The number of amides is 1. The molecule has 0 aliphatic rings. The fraction of sp³-hybridized carbons (Fsp3) is 0.800. The molecule has 0 spiro atoms. The number of hydrogen-bond donors (Lipinski definition) is 1. The molecule has 0 aliphatic heterocycles. The Morgan fingerprint density at radius 2 is 2.00 bits per heavy atom. The summed E-state index contributed by atoms with van der Waals surface area (Å²) in [5, 5.41) is 2.89. The zero-order valence-electron chi connectivity index (χ0n) is 9.87. The minimum atomic E-state index is -0.271. The van der Waals surface area contributed by atoms with Gasteiger partial charge >= 0.3 is 5.97 Å². The molecule has 88 valence electrons. The normalized spacial score (nSPS) is 10.2. The van der Waals surface area contributed by atoms with Gasteiger partial charge in [-0.2, -0.15) is 0 Å². The highest BCUT2D eigenvalue weighted by molar-refractivity contribution is 5.78. The summed E-state index contributed by atoms with van der Waals surface area (Å²) in [4.78, 5) is 23.8. The minimum Gasteiger partial charge on any atom is -0.469 e. The predicted molar refractivity (Wildman–Crippen MR) is 57.4 cm³/mol. The number of esters is 1. The molecule has 1 amide bonds. The van der Waals surface area contributed by atoms with Crippen molar-refractivity contribution in [2.45, 2.75) is 26.3 Å². The van der Waals surface area contributed by atoms with Crippen LogP contribution in [0.15, 0.2) is 0 Å². The molecule has 5 heteroatoms. The van der Waals surface area contributed by atoms with Crippen LogP contribution in [0.3, 0.4) is 0 Å². The predicted octanol–water partition coefficient (Wildman–Crippen LogP) is 0.00590. The molecule has 0 aromatic rings. The number of ether oxygens (including phenoxy) is 1. The van der Waals surface area contributed by atoms with Crippen molar-refractivity contribution < 1.29 is 14.3 Å². The van der Waals surface area contributed by atoms with Crippen molar-refractivity contribution in [2.75, 3.05) is 27.2 Å². The van der Waals surface area contributed by atoms with E-state index >= 15 is 0 Å². The third-order valence-electron chi connectivity index (χ3n) is 2.18. The lowest BCUT2D eigenvalue weighted by Gasteiger charge is -2.21. The third kappa shape index (κ3) is 6.06. The first-order valence-corrected chi connectivity index (χ1v) is 5.02. The number of likely N-dealkylation sites (N-methyl/N-ethyl adjacent to an activating group) is 1. The van der Waals surface area contributed by atoms with Gasteiger partial charge in [0.2, 0.25) is 5.91 Å². The lowest BCUT2D eigenvalue weighted by atomic mass is 10.3. The Labute approximate surface area is 90.8 Å². The van der Waals surface area contributed by atoms with Gasteiger partial charge in [-0.1, -0.05) is 0 Å². The maximum atomic E-state index is 11.4. The van der Waals surface area contributed by atoms with E-state index in [2.05, 4.69) is 10.1 Å². The smallest absolute Gasteiger partial charge is 0.306 e. The Morgan fingerprint density at radius 1 is 1.40 bits per heavy atom. The molecule has 0 heterocycles. The minimum absolute atomic E-state index is 0.0230. The Morgan fingerprint density at radius 3 is 2.47 bits per heavy atom. The first kappa shape index (κ1) is 13.9. The van der Waals surface area contributed by atoms with Crippen molar-refractivity contribution in [1.82, 2.24) is 10.2 Å². The zero-order valence-corrected chi connectivity index (χ0v) is 9.87. The summed E-state index contributed by atoms with van der Waals surface area (Å²) in [6.07, 6.45) is 0.287. The number of rotatable bonds is 6. The van der Waals surface area contributed by atoms with Gasteiger partial charge in [-0.05, 0) is 13.8 Å². The molecule has 0 unspecified atom stereocenters. The van der Waals surface area contributed by atoms with Crippen LogP contribution in [0.5, 0.6) is 0 Å². The number of methoxy groups -OCH3 is 1. The molecule has 15 heavy (non-hydrogen) atoms. The average molecular weight is 216 g/mol. The van der Waals surface area contributed by atoms with Crippen LogP contribution in [0.25, 0.3) is 0 Å². The molecule has 5 nitrogen and oxygen atoms in total. The number of hydrogen-bond acceptors (Lipinski definition) is 4. The van der Waals surface area contributed by atoms with E-state index in [1.54, 1.807) is 11.9 Å². The molecular formula is C10H20N2O3. The largest absolute Gasteiger partial charge is 0.469 e. The SMILES string of the molecule is COC(=O)CCNCC(=O)N(C)C(C)C. The Hall–Kier alpha value is -1.10. The van der Waals surface area contributed by atoms with Gasteiger partial charge in [0.05, 0.1) is 20.1 Å². The maximum Gasteiger partial charge on any atom is 0.306 e. The van der Waals surface area contributed by atoms with Crippen molar-refractivity contribution in [3.63, 3.8) is 0 Å². The van der Waals surface area contributed by atoms with Crippen LogP contribution in [-0.2, 0) is 14.3 Å². The van der Waals surface area contributed by atoms with Crippen molar-refractivity contribution in [1.29, 1.82) is 0 Å². The number of carbonyl (C=O) groups is 2. The average Bonchev–Trinajstić information content (AvgIpc) is 2.22. The molecular weight excluding hydrogens is 196 g/mol. The lowest BCUT2D eigenvalue weighted by molar-refractivity contribution is -0.140. The highest BCUT2D eigenvalue weighted by Gasteiger charge is 2.10. The second kappa shape index (κ2) is 7.23. The van der Waals surface area contributed by atoms with E-state index in [0.29, 0.717) is 6.54 Å². The molecule has 0 saturated heterocycles. The Bertz CT molecular complexity index is 217. The van der Waals surface area contributed by atoms with E-state index < -0.39 is 0 Å². The molecule has 0 fully saturated rings. The molecule has 0 rings (SSSR count). The van der Waals surface area contributed by atoms with E-state index in [-0.39, 0.29) is 30.9 Å². The lowest BCUT2D eigenvalue weighted by Crippen LogP contribution is -2.39. The molecule has 0 bridgehead atoms. The Balaban J connectivity index is 3.60. The molecule has 0 saturated carbocycles. The van der Waals surface area contributed by atoms with Gasteiger partial charge < -0.3 is 15.0 Å². The van der Waals surface area contributed by atoms with Crippen molar-refractivity contribution in [3.8, 4) is 0 Å². The summed E-state index contributed by atoms with van der Waals surface area (Å²) in [6, 6.07) is 0.194. The third-order valence-corrected chi connectivity index (χ3v) is 2.18. The fourth-order valence-electron chi connectivity index (χ4n) is 0.901. The van der Waals surface area contributed by atoms with Crippen LogP contribution in [0.1, 0.15) is 20.3 Å². The summed E-state index contributed by atoms with van der Waals surface area (Å²) in [5.41, 5.74) is 0. The molecule has 0 atom stereocenters. The summed E-state index contributed by atoms with van der Waals surface area (Å²) in [7, 11) is 3.11. The van der Waals surface area contributed by atoms with Gasteiger partial charge in [0, 0.05) is 19.6 Å². The van der Waals surface area contributed by atoms with E-state index in [4.69, 9.17) is 0 Å². The highest BCUT2D eigenvalue weighted by Crippen LogP contribution is 1.93. The first-order chi connectivity index (χ1) is 6.99. The topological polar surface area (TPSA) is 58.6 Å². The number of nitrogens with zero attached hydrogens (tertiary/aromatic N) is 1. The van der Waals surface area contributed by atoms with E-state index in [0.717, 1.165) is 0 Å². The van der Waals surface area contributed by atoms with Gasteiger partial charge in [-0.25, -0.2) is 0 Å². The second-order valence-corrected chi connectivity index (χ2v) is 3.60. The van der Waals surface area contributed by atoms with Crippen LogP contribution in [0.2, 0.25) is 0 Å². The van der Waals surface area contributed by atoms with Crippen LogP contribution >= 0.6 is 0 Å². The van der Waals surface area contributed by atoms with Crippen molar-refractivity contribution >= 4 is 11.9 Å². The molecule has 0 radical (unpaired) electrons. The summed E-state index contributed by atoms with van der Waals surface area (Å²) < 4.78 is 4.47. The van der Waals surface area contributed by atoms with E-state index in [9.17, 15) is 9.59 Å². The fourth-order valence-corrected chi connectivity index (χ4v) is 0.901. The monoisotopic (exact) mass is 216 g/mol. The molecule has 0 aliphatic carbocycles. The van der Waals surface area contributed by atoms with E-state index in [1.807, 2.05) is 13.8 Å². The quantitative estimate of drug-likeness (QED) is 0.502. The molecule has 1 N–H and O–H groups in total. The summed E-state index contributed by atoms with van der Waals surface area (Å²) in [6.45, 7) is 4.62. The maximum absolute atomic E-state index is 11.4. The Kier molecular flexibility index (Phi) is 6.70. The van der Waals surface area contributed by atoms with Crippen LogP contribution < -0.4 is 5.32 Å². The van der Waals surface area contributed by atoms with Gasteiger partial charge in [0.1, 0.15) is 0 Å². The summed E-state index contributed by atoms with van der Waals surface area (Å²) >= 11 is 0. The van der Waals surface area contributed by atoms with Gasteiger partial charge in [-0.3, -0.25) is 9.59 Å². The molecule has 0 aromatic heterocycles. The van der Waals surface area contributed by atoms with Gasteiger partial charge in [0.25, 0.3) is 0 Å². The van der Waals surface area contributed by atoms with Crippen LogP contribution in [0, 0.1) is 0 Å². The molecule has 0 aromatic carbocycles. The summed E-state index contributed by atoms with van der Waals surface area (Å²) in [5.74, 6) is -0.248. The highest BCUT2D eigenvalue weighted by atomic mass is 16.5. The van der Waals surface area contributed by atoms with Crippen molar-refractivity contribution in [3.05, 3.63) is 0 Å².